The number of anilines is 2. The van der Waals surface area contributed by atoms with Crippen molar-refractivity contribution in [2.45, 2.75) is 10.8 Å². The highest BCUT2D eigenvalue weighted by molar-refractivity contribution is 7.98. The van der Waals surface area contributed by atoms with E-state index in [9.17, 15) is 4.79 Å². The van der Waals surface area contributed by atoms with Gasteiger partial charge in [-0.05, 0) is 48.0 Å². The van der Waals surface area contributed by atoms with Gasteiger partial charge < -0.3 is 11.1 Å². The lowest BCUT2D eigenvalue weighted by Gasteiger charge is -2.09. The highest BCUT2D eigenvalue weighted by atomic mass is 35.5. The first-order chi connectivity index (χ1) is 13.2. The quantitative estimate of drug-likeness (QED) is 0.429. The minimum Gasteiger partial charge on any atom is -0.384 e. The Morgan fingerprint density at radius 1 is 1.14 bits per heavy atom. The van der Waals surface area contributed by atoms with Gasteiger partial charge in [-0.25, -0.2) is 9.97 Å². The van der Waals surface area contributed by atoms with Crippen LogP contribution in [0.2, 0.25) is 0 Å². The number of nitrogen functional groups attached to an aromatic ring is 1. The zero-order valence-corrected chi connectivity index (χ0v) is 16.3. The molecule has 0 bridgehead atoms. The Balaban J connectivity index is 0.00000225. The molecule has 1 amide bonds. The summed E-state index contributed by atoms with van der Waals surface area (Å²) in [7, 11) is 0. The second-order valence-corrected chi connectivity index (χ2v) is 6.82. The summed E-state index contributed by atoms with van der Waals surface area (Å²) in [6, 6.07) is 12.8. The van der Waals surface area contributed by atoms with Crippen molar-refractivity contribution in [3.05, 3.63) is 72.2 Å². The fourth-order valence-corrected chi connectivity index (χ4v) is 3.56. The Bertz CT molecular complexity index is 1120. The van der Waals surface area contributed by atoms with E-state index in [0.717, 1.165) is 16.5 Å². The molecule has 0 aliphatic carbocycles. The smallest absolute Gasteiger partial charge is 0.258 e. The molecule has 28 heavy (non-hydrogen) atoms. The van der Waals surface area contributed by atoms with Crippen LogP contribution in [-0.4, -0.2) is 26.1 Å². The number of benzene rings is 1. The van der Waals surface area contributed by atoms with Crippen LogP contribution in [0.3, 0.4) is 0 Å². The largest absolute Gasteiger partial charge is 0.384 e. The van der Waals surface area contributed by atoms with Gasteiger partial charge in [0.05, 0.1) is 17.3 Å². The van der Waals surface area contributed by atoms with Crippen molar-refractivity contribution in [3.8, 4) is 0 Å². The van der Waals surface area contributed by atoms with Gasteiger partial charge in [-0.3, -0.25) is 9.89 Å². The number of nitrogens with one attached hydrogen (secondary N) is 2. The summed E-state index contributed by atoms with van der Waals surface area (Å²) in [5.74, 6) is 0.907. The van der Waals surface area contributed by atoms with Gasteiger partial charge in [-0.1, -0.05) is 0 Å². The summed E-state index contributed by atoms with van der Waals surface area (Å²) in [5, 5.41) is 11.4. The SMILES string of the molecule is Cl.Nc1cc(CSc2ncccc2C(=O)Nc2ccc3cn[nH]c3c2)ccn1. The van der Waals surface area contributed by atoms with Crippen LogP contribution in [-0.2, 0) is 5.75 Å². The monoisotopic (exact) mass is 412 g/mol. The number of H-pyrrole nitrogens is 1. The second-order valence-electron chi connectivity index (χ2n) is 5.86. The molecule has 4 rings (SSSR count). The van der Waals surface area contributed by atoms with Gasteiger partial charge in [-0.2, -0.15) is 5.10 Å². The molecule has 4 N–H and O–H groups in total. The molecule has 0 unspecified atom stereocenters. The number of carbonyl (C=O) groups is 1. The van der Waals surface area contributed by atoms with Crippen LogP contribution in [0.5, 0.6) is 0 Å². The van der Waals surface area contributed by atoms with Crippen molar-refractivity contribution in [1.82, 2.24) is 20.2 Å². The molecule has 3 heterocycles. The van der Waals surface area contributed by atoms with Gasteiger partial charge in [0.1, 0.15) is 10.8 Å². The van der Waals surface area contributed by atoms with Crippen molar-refractivity contribution in [2.24, 2.45) is 0 Å². The van der Waals surface area contributed by atoms with Crippen LogP contribution < -0.4 is 11.1 Å². The number of hydrogen-bond acceptors (Lipinski definition) is 6. The first-order valence-electron chi connectivity index (χ1n) is 8.22. The van der Waals surface area contributed by atoms with Gasteiger partial charge >= 0.3 is 0 Å². The average Bonchev–Trinajstić information content (AvgIpc) is 3.14. The molecule has 9 heteroatoms. The summed E-state index contributed by atoms with van der Waals surface area (Å²) in [5.41, 5.74) is 8.82. The molecule has 0 saturated carbocycles. The molecule has 7 nitrogen and oxygen atoms in total. The van der Waals surface area contributed by atoms with Crippen molar-refractivity contribution in [1.29, 1.82) is 0 Å². The summed E-state index contributed by atoms with van der Waals surface area (Å²) < 4.78 is 0. The number of nitrogens with two attached hydrogens (primary N) is 1. The number of fused-ring (bicyclic) bond motifs is 1. The van der Waals surface area contributed by atoms with E-state index in [1.807, 2.05) is 30.3 Å². The maximum Gasteiger partial charge on any atom is 0.258 e. The maximum atomic E-state index is 12.8. The third-order valence-electron chi connectivity index (χ3n) is 3.94. The van der Waals surface area contributed by atoms with E-state index in [1.165, 1.54) is 11.8 Å². The molecule has 0 spiro atoms. The number of nitrogens with zero attached hydrogens (tertiary/aromatic N) is 3. The second kappa shape index (κ2) is 8.73. The van der Waals surface area contributed by atoms with E-state index in [1.54, 1.807) is 30.7 Å². The van der Waals surface area contributed by atoms with Gasteiger partial charge in [0.2, 0.25) is 0 Å². The number of amides is 1. The standard InChI is InChI=1S/C19H16N6OS.ClH/c20-17-8-12(5-7-21-17)11-27-19-15(2-1-6-22-19)18(26)24-14-4-3-13-10-23-25-16(13)9-14;/h1-10H,11H2,(H2,20,21)(H,23,25)(H,24,26);1H. The number of rotatable bonds is 5. The molecule has 0 aliphatic heterocycles. The van der Waals surface area contributed by atoms with Gasteiger partial charge in [0, 0.05) is 29.2 Å². The Kier molecular flexibility index (Phi) is 6.13. The number of aromatic nitrogens is 4. The Hall–Kier alpha value is -3.10. The lowest BCUT2D eigenvalue weighted by Crippen LogP contribution is -2.13. The number of thioether (sulfide) groups is 1. The fourth-order valence-electron chi connectivity index (χ4n) is 2.63. The zero-order valence-electron chi connectivity index (χ0n) is 14.6. The van der Waals surface area contributed by atoms with E-state index in [4.69, 9.17) is 5.73 Å². The lowest BCUT2D eigenvalue weighted by atomic mass is 10.2. The van der Waals surface area contributed by atoms with Crippen LogP contribution >= 0.6 is 24.2 Å². The average molecular weight is 413 g/mol. The van der Waals surface area contributed by atoms with Gasteiger partial charge in [-0.15, -0.1) is 24.2 Å². The molecule has 142 valence electrons. The van der Waals surface area contributed by atoms with Crippen molar-refractivity contribution < 1.29 is 4.79 Å². The third kappa shape index (κ3) is 4.41. The molecular weight excluding hydrogens is 396 g/mol. The van der Waals surface area contributed by atoms with Crippen molar-refractivity contribution in [3.63, 3.8) is 0 Å². The van der Waals surface area contributed by atoms with Crippen molar-refractivity contribution >= 4 is 52.5 Å². The van der Waals surface area contributed by atoms with Crippen LogP contribution in [0.15, 0.2) is 66.1 Å². The molecule has 0 radical (unpaired) electrons. The van der Waals surface area contributed by atoms with E-state index >= 15 is 0 Å². The number of hydrogen-bond donors (Lipinski definition) is 3. The van der Waals surface area contributed by atoms with Gasteiger partial charge in [0.25, 0.3) is 5.91 Å². The first kappa shape index (κ1) is 19.7. The number of halogens is 1. The molecule has 0 atom stereocenters. The lowest BCUT2D eigenvalue weighted by molar-refractivity contribution is 0.102. The predicted molar refractivity (Wildman–Crippen MR) is 114 cm³/mol. The predicted octanol–water partition coefficient (Wildman–Crippen LogP) is 3.90. The molecule has 1 aromatic carbocycles. The van der Waals surface area contributed by atoms with E-state index in [-0.39, 0.29) is 18.3 Å². The first-order valence-corrected chi connectivity index (χ1v) is 9.20. The zero-order chi connectivity index (χ0) is 18.6. The van der Waals surface area contributed by atoms with E-state index < -0.39 is 0 Å². The van der Waals surface area contributed by atoms with E-state index in [0.29, 0.717) is 27.8 Å². The molecular formula is C19H17ClN6OS. The summed E-state index contributed by atoms with van der Waals surface area (Å²) in [6.45, 7) is 0. The number of pyridine rings is 2. The topological polar surface area (TPSA) is 110 Å². The van der Waals surface area contributed by atoms with Crippen LogP contribution in [0.1, 0.15) is 15.9 Å². The van der Waals surface area contributed by atoms with Crippen LogP contribution in [0, 0.1) is 0 Å². The van der Waals surface area contributed by atoms with E-state index in [2.05, 4.69) is 25.5 Å². The molecule has 0 aliphatic rings. The molecule has 0 fully saturated rings. The van der Waals surface area contributed by atoms with Gasteiger partial charge in [0.15, 0.2) is 0 Å². The Morgan fingerprint density at radius 2 is 2.04 bits per heavy atom. The fraction of sp³-hybridized carbons (Fsp3) is 0.0526. The highest BCUT2D eigenvalue weighted by Crippen LogP contribution is 2.25. The molecule has 4 aromatic rings. The van der Waals surface area contributed by atoms with Crippen LogP contribution in [0.25, 0.3) is 10.9 Å². The molecule has 0 saturated heterocycles. The highest BCUT2D eigenvalue weighted by Gasteiger charge is 2.13. The summed E-state index contributed by atoms with van der Waals surface area (Å²) >= 11 is 1.48. The Labute approximate surface area is 171 Å². The summed E-state index contributed by atoms with van der Waals surface area (Å²) in [4.78, 5) is 21.1. The van der Waals surface area contributed by atoms with Crippen molar-refractivity contribution in [2.75, 3.05) is 11.1 Å². The number of aromatic amines is 1. The minimum absolute atomic E-state index is 0. The normalized spacial score (nSPS) is 10.4. The minimum atomic E-state index is -0.210. The molecule has 3 aromatic heterocycles. The maximum absolute atomic E-state index is 12.8. The third-order valence-corrected chi connectivity index (χ3v) is 5.01. The number of carbonyl (C=O) groups excluding carboxylic acids is 1. The van der Waals surface area contributed by atoms with Crippen LogP contribution in [0.4, 0.5) is 11.5 Å². The Morgan fingerprint density at radius 3 is 2.89 bits per heavy atom. The summed E-state index contributed by atoms with van der Waals surface area (Å²) in [6.07, 6.45) is 5.09.